The van der Waals surface area contributed by atoms with Crippen molar-refractivity contribution in [1.29, 1.82) is 0 Å². The van der Waals surface area contributed by atoms with Gasteiger partial charge in [-0.2, -0.15) is 10.2 Å². The van der Waals surface area contributed by atoms with Gasteiger partial charge in [0.15, 0.2) is 0 Å². The predicted octanol–water partition coefficient (Wildman–Crippen LogP) is 1.01. The van der Waals surface area contributed by atoms with Crippen molar-refractivity contribution in [3.63, 3.8) is 0 Å². The van der Waals surface area contributed by atoms with Crippen LogP contribution in [0.3, 0.4) is 0 Å². The first-order valence-corrected chi connectivity index (χ1v) is 7.40. The highest BCUT2D eigenvalue weighted by molar-refractivity contribution is 5.95. The van der Waals surface area contributed by atoms with Gasteiger partial charge >= 0.3 is 0 Å². The van der Waals surface area contributed by atoms with Crippen molar-refractivity contribution in [3.05, 3.63) is 35.9 Å². The van der Waals surface area contributed by atoms with Crippen molar-refractivity contribution in [2.24, 2.45) is 0 Å². The van der Waals surface area contributed by atoms with Crippen molar-refractivity contribution in [1.82, 2.24) is 25.3 Å². The number of rotatable bonds is 3. The maximum absolute atomic E-state index is 12.5. The van der Waals surface area contributed by atoms with Gasteiger partial charge in [0, 0.05) is 17.8 Å². The second-order valence-electron chi connectivity index (χ2n) is 6.77. The molecular weight excluding hydrogens is 282 g/mol. The maximum Gasteiger partial charge on any atom is 0.255 e. The van der Waals surface area contributed by atoms with Crippen LogP contribution in [0.4, 0.5) is 0 Å². The van der Waals surface area contributed by atoms with Crippen molar-refractivity contribution < 1.29 is 9.90 Å². The zero-order chi connectivity index (χ0) is 15.9. The largest absolute Gasteiger partial charge is 0.391 e. The molecule has 7 heteroatoms. The first-order valence-electron chi connectivity index (χ1n) is 7.40. The number of aromatic nitrogens is 4. The SMILES string of the molecule is CC(C)(C)c1[nH]ncc1C(=O)N[C@H]1C[C@@H](O)[C@@H]1n1cccn1. The van der Waals surface area contributed by atoms with Crippen LogP contribution in [-0.4, -0.2) is 43.1 Å². The lowest BCUT2D eigenvalue weighted by molar-refractivity contribution is -0.00591. The molecule has 2 aromatic heterocycles. The van der Waals surface area contributed by atoms with Crippen LogP contribution in [0.15, 0.2) is 24.7 Å². The van der Waals surface area contributed by atoms with Crippen LogP contribution in [0.1, 0.15) is 49.3 Å². The Balaban J connectivity index is 1.74. The standard InChI is InChI=1S/C15H21N5O2/c1-15(2,3)13-9(8-16-19-13)14(22)18-10-7-11(21)12(10)20-6-4-5-17-20/h4-6,8,10-12,21H,7H2,1-3H3,(H,16,19)(H,18,22)/t10-,11+,12+/m0/s1. The molecule has 3 N–H and O–H groups in total. The number of aliphatic hydroxyl groups is 1. The van der Waals surface area contributed by atoms with Crippen molar-refractivity contribution in [3.8, 4) is 0 Å². The quantitative estimate of drug-likeness (QED) is 0.788. The highest BCUT2D eigenvalue weighted by Gasteiger charge is 2.43. The fourth-order valence-electron chi connectivity index (χ4n) is 2.85. The Kier molecular flexibility index (Phi) is 3.52. The van der Waals surface area contributed by atoms with Crippen LogP contribution >= 0.6 is 0 Å². The van der Waals surface area contributed by atoms with Crippen molar-refractivity contribution >= 4 is 5.91 Å². The Bertz CT molecular complexity index is 656. The molecule has 3 atom stereocenters. The van der Waals surface area contributed by atoms with E-state index < -0.39 is 6.10 Å². The molecule has 0 unspecified atom stereocenters. The Morgan fingerprint density at radius 3 is 2.86 bits per heavy atom. The van der Waals surface area contributed by atoms with E-state index in [9.17, 15) is 9.90 Å². The molecule has 2 aromatic rings. The topological polar surface area (TPSA) is 95.8 Å². The van der Waals surface area contributed by atoms with Crippen LogP contribution in [0.25, 0.3) is 0 Å². The predicted molar refractivity (Wildman–Crippen MR) is 80.4 cm³/mol. The normalized spacial score (nSPS) is 24.8. The minimum Gasteiger partial charge on any atom is -0.391 e. The highest BCUT2D eigenvalue weighted by atomic mass is 16.3. The first kappa shape index (κ1) is 14.8. The van der Waals surface area contributed by atoms with E-state index in [1.165, 1.54) is 0 Å². The fourth-order valence-corrected chi connectivity index (χ4v) is 2.85. The van der Waals surface area contributed by atoms with E-state index in [0.29, 0.717) is 12.0 Å². The lowest BCUT2D eigenvalue weighted by atomic mass is 9.82. The Morgan fingerprint density at radius 1 is 1.50 bits per heavy atom. The molecule has 0 spiro atoms. The van der Waals surface area contributed by atoms with Gasteiger partial charge in [0.2, 0.25) is 0 Å². The molecule has 7 nitrogen and oxygen atoms in total. The third kappa shape index (κ3) is 2.52. The highest BCUT2D eigenvalue weighted by Crippen LogP contribution is 2.33. The number of amides is 1. The van der Waals surface area contributed by atoms with E-state index in [2.05, 4.69) is 20.6 Å². The molecular formula is C15H21N5O2. The molecule has 1 aliphatic carbocycles. The van der Waals surface area contributed by atoms with Crippen molar-refractivity contribution in [2.45, 2.75) is 50.8 Å². The average molecular weight is 303 g/mol. The fraction of sp³-hybridized carbons (Fsp3) is 0.533. The number of nitrogens with one attached hydrogen (secondary N) is 2. The number of aromatic amines is 1. The first-order chi connectivity index (χ1) is 10.4. The number of H-pyrrole nitrogens is 1. The second-order valence-corrected chi connectivity index (χ2v) is 6.77. The zero-order valence-electron chi connectivity index (χ0n) is 12.9. The summed E-state index contributed by atoms with van der Waals surface area (Å²) in [4.78, 5) is 12.5. The van der Waals surface area contributed by atoms with E-state index in [1.54, 1.807) is 29.3 Å². The molecule has 1 fully saturated rings. The summed E-state index contributed by atoms with van der Waals surface area (Å²) >= 11 is 0. The molecule has 0 aromatic carbocycles. The van der Waals surface area contributed by atoms with Gasteiger partial charge in [-0.1, -0.05) is 20.8 Å². The molecule has 1 amide bonds. The van der Waals surface area contributed by atoms with E-state index >= 15 is 0 Å². The number of nitrogens with zero attached hydrogens (tertiary/aromatic N) is 3. The van der Waals surface area contributed by atoms with Crippen LogP contribution in [0.2, 0.25) is 0 Å². The van der Waals surface area contributed by atoms with Gasteiger partial charge in [0.05, 0.1) is 35.6 Å². The van der Waals surface area contributed by atoms with Crippen LogP contribution in [0.5, 0.6) is 0 Å². The smallest absolute Gasteiger partial charge is 0.255 e. The third-order valence-corrected chi connectivity index (χ3v) is 4.08. The molecule has 1 aliphatic rings. The monoisotopic (exact) mass is 303 g/mol. The van der Waals surface area contributed by atoms with Crippen molar-refractivity contribution in [2.75, 3.05) is 0 Å². The van der Waals surface area contributed by atoms with Gasteiger partial charge in [0.25, 0.3) is 5.91 Å². The Hall–Kier alpha value is -2.15. The minimum atomic E-state index is -0.489. The van der Waals surface area contributed by atoms with E-state index in [0.717, 1.165) is 5.69 Å². The van der Waals surface area contributed by atoms with Gasteiger partial charge in [-0.25, -0.2) is 0 Å². The molecule has 22 heavy (non-hydrogen) atoms. The minimum absolute atomic E-state index is 0.134. The van der Waals surface area contributed by atoms with E-state index in [-0.39, 0.29) is 23.4 Å². The van der Waals surface area contributed by atoms with E-state index in [4.69, 9.17) is 0 Å². The van der Waals surface area contributed by atoms with Crippen LogP contribution < -0.4 is 5.32 Å². The lowest BCUT2D eigenvalue weighted by Crippen LogP contribution is -2.56. The molecule has 2 heterocycles. The number of carbonyl (C=O) groups is 1. The third-order valence-electron chi connectivity index (χ3n) is 4.08. The lowest BCUT2D eigenvalue weighted by Gasteiger charge is -2.41. The van der Waals surface area contributed by atoms with Gasteiger partial charge < -0.3 is 10.4 Å². The zero-order valence-corrected chi connectivity index (χ0v) is 12.9. The van der Waals surface area contributed by atoms with E-state index in [1.807, 2.05) is 20.8 Å². The molecule has 118 valence electrons. The summed E-state index contributed by atoms with van der Waals surface area (Å²) in [5, 5.41) is 24.0. The number of hydrogen-bond donors (Lipinski definition) is 3. The Morgan fingerprint density at radius 2 is 2.27 bits per heavy atom. The summed E-state index contributed by atoms with van der Waals surface area (Å²) in [6.45, 7) is 6.07. The summed E-state index contributed by atoms with van der Waals surface area (Å²) in [5.41, 5.74) is 1.16. The maximum atomic E-state index is 12.5. The molecule has 0 aliphatic heterocycles. The molecule has 0 bridgehead atoms. The Labute approximate surface area is 128 Å². The van der Waals surface area contributed by atoms with Gasteiger partial charge in [0.1, 0.15) is 0 Å². The van der Waals surface area contributed by atoms with Crippen LogP contribution in [0, 0.1) is 0 Å². The van der Waals surface area contributed by atoms with Gasteiger partial charge in [-0.05, 0) is 12.5 Å². The second kappa shape index (κ2) is 5.24. The molecule has 0 radical (unpaired) electrons. The summed E-state index contributed by atoms with van der Waals surface area (Å²) in [5.74, 6) is -0.173. The summed E-state index contributed by atoms with van der Waals surface area (Å²) < 4.78 is 1.69. The van der Waals surface area contributed by atoms with Gasteiger partial charge in [-0.15, -0.1) is 0 Å². The summed E-state index contributed by atoms with van der Waals surface area (Å²) in [6, 6.07) is 1.45. The summed E-state index contributed by atoms with van der Waals surface area (Å²) in [7, 11) is 0. The molecule has 3 rings (SSSR count). The number of carbonyl (C=O) groups excluding carboxylic acids is 1. The number of hydrogen-bond acceptors (Lipinski definition) is 4. The summed E-state index contributed by atoms with van der Waals surface area (Å²) in [6.07, 6.45) is 5.05. The van der Waals surface area contributed by atoms with Gasteiger partial charge in [-0.3, -0.25) is 14.6 Å². The number of aliphatic hydroxyl groups excluding tert-OH is 1. The molecule has 1 saturated carbocycles. The average Bonchev–Trinajstić information content (AvgIpc) is 3.07. The van der Waals surface area contributed by atoms with Crippen LogP contribution in [-0.2, 0) is 5.41 Å². The molecule has 0 saturated heterocycles.